The van der Waals surface area contributed by atoms with Crippen LogP contribution in [0.3, 0.4) is 0 Å². The standard InChI is InChI=1S/C18H23ClN2.C3H4/c1-2-3-4-5-6-7-8-17-15(11-12-20)16-13-14(19)9-10-18(16)21-17;1-3-2/h2-3,5-6,9-10,13,21H,4,7-8,11-12,20H2,1H3;1H,2H3/b3-2-,6-5-;. The Hall–Kier alpha value is -1.95. The SMILES string of the molecule is C#CC.C/C=C\C/C=C\CCc1[nH]c2ccc(Cl)cc2c1CCN. The lowest BCUT2D eigenvalue weighted by molar-refractivity contribution is 0.900. The third-order valence-electron chi connectivity index (χ3n) is 3.59. The summed E-state index contributed by atoms with van der Waals surface area (Å²) < 4.78 is 0. The fourth-order valence-electron chi connectivity index (χ4n) is 2.58. The molecule has 0 radical (unpaired) electrons. The second kappa shape index (κ2) is 11.6. The van der Waals surface area contributed by atoms with Gasteiger partial charge in [0.1, 0.15) is 0 Å². The van der Waals surface area contributed by atoms with Gasteiger partial charge >= 0.3 is 0 Å². The summed E-state index contributed by atoms with van der Waals surface area (Å²) >= 11 is 6.11. The van der Waals surface area contributed by atoms with Crippen molar-refractivity contribution < 1.29 is 0 Å². The number of nitrogens with two attached hydrogens (primary N) is 1. The maximum atomic E-state index is 6.11. The molecule has 2 rings (SSSR count). The van der Waals surface area contributed by atoms with Gasteiger partial charge in [-0.1, -0.05) is 35.9 Å². The van der Waals surface area contributed by atoms with E-state index in [9.17, 15) is 0 Å². The molecule has 3 N–H and O–H groups in total. The first-order chi connectivity index (χ1) is 11.7. The first-order valence-corrected chi connectivity index (χ1v) is 8.68. The summed E-state index contributed by atoms with van der Waals surface area (Å²) in [5.41, 5.74) is 9.51. The highest BCUT2D eigenvalue weighted by atomic mass is 35.5. The van der Waals surface area contributed by atoms with Crippen molar-refractivity contribution in [1.82, 2.24) is 4.98 Å². The first-order valence-electron chi connectivity index (χ1n) is 8.30. The number of terminal acetylenes is 1. The minimum absolute atomic E-state index is 0.656. The van der Waals surface area contributed by atoms with Crippen LogP contribution in [0.5, 0.6) is 0 Å². The monoisotopic (exact) mass is 342 g/mol. The van der Waals surface area contributed by atoms with Crippen LogP contribution in [0.25, 0.3) is 10.9 Å². The molecule has 24 heavy (non-hydrogen) atoms. The molecule has 0 bridgehead atoms. The molecule has 1 heterocycles. The number of halogens is 1. The molecular weight excluding hydrogens is 316 g/mol. The van der Waals surface area contributed by atoms with Gasteiger partial charge in [-0.25, -0.2) is 0 Å². The van der Waals surface area contributed by atoms with Gasteiger partial charge < -0.3 is 10.7 Å². The maximum Gasteiger partial charge on any atom is 0.0460 e. The number of fused-ring (bicyclic) bond motifs is 1. The summed E-state index contributed by atoms with van der Waals surface area (Å²) in [6, 6.07) is 6.00. The lowest BCUT2D eigenvalue weighted by Gasteiger charge is -2.02. The third kappa shape index (κ3) is 6.28. The fourth-order valence-corrected chi connectivity index (χ4v) is 2.75. The van der Waals surface area contributed by atoms with Crippen molar-refractivity contribution in [2.45, 2.75) is 39.5 Å². The molecule has 1 aromatic carbocycles. The molecule has 2 aromatic rings. The second-order valence-electron chi connectivity index (χ2n) is 5.41. The highest BCUT2D eigenvalue weighted by Gasteiger charge is 2.10. The summed E-state index contributed by atoms with van der Waals surface area (Å²) in [5.74, 6) is 2.25. The van der Waals surface area contributed by atoms with Crippen LogP contribution in [0.15, 0.2) is 42.5 Å². The number of nitrogens with one attached hydrogen (secondary N) is 1. The van der Waals surface area contributed by atoms with Crippen molar-refractivity contribution in [2.24, 2.45) is 5.73 Å². The Balaban J connectivity index is 0.000000891. The topological polar surface area (TPSA) is 41.8 Å². The van der Waals surface area contributed by atoms with E-state index in [1.165, 1.54) is 16.6 Å². The van der Waals surface area contributed by atoms with Crippen molar-refractivity contribution in [2.75, 3.05) is 6.54 Å². The Morgan fingerprint density at radius 3 is 2.67 bits per heavy atom. The predicted octanol–water partition coefficient (Wildman–Crippen LogP) is 5.42. The van der Waals surface area contributed by atoms with Crippen molar-refractivity contribution in [3.05, 3.63) is 58.8 Å². The number of hydrogen-bond donors (Lipinski definition) is 2. The van der Waals surface area contributed by atoms with Gasteiger partial charge in [-0.2, -0.15) is 0 Å². The number of aromatic amines is 1. The van der Waals surface area contributed by atoms with E-state index in [2.05, 4.69) is 41.6 Å². The Morgan fingerprint density at radius 1 is 1.25 bits per heavy atom. The van der Waals surface area contributed by atoms with E-state index in [-0.39, 0.29) is 0 Å². The lowest BCUT2D eigenvalue weighted by atomic mass is 10.0. The molecule has 0 saturated carbocycles. The van der Waals surface area contributed by atoms with E-state index in [4.69, 9.17) is 17.3 Å². The molecule has 128 valence electrons. The number of aromatic nitrogens is 1. The van der Waals surface area contributed by atoms with Crippen LogP contribution in [-0.4, -0.2) is 11.5 Å². The Kier molecular flexibility index (Phi) is 9.68. The van der Waals surface area contributed by atoms with Crippen LogP contribution < -0.4 is 5.73 Å². The molecule has 1 aromatic heterocycles. The second-order valence-corrected chi connectivity index (χ2v) is 5.85. The van der Waals surface area contributed by atoms with Crippen LogP contribution in [0.1, 0.15) is 37.9 Å². The number of allylic oxidation sites excluding steroid dienone is 4. The van der Waals surface area contributed by atoms with Gasteiger partial charge in [0.25, 0.3) is 0 Å². The lowest BCUT2D eigenvalue weighted by Crippen LogP contribution is -2.04. The van der Waals surface area contributed by atoms with Crippen LogP contribution in [0.2, 0.25) is 5.02 Å². The summed E-state index contributed by atoms with van der Waals surface area (Å²) in [6.45, 7) is 4.35. The molecule has 3 heteroatoms. The van der Waals surface area contributed by atoms with Crippen molar-refractivity contribution in [1.29, 1.82) is 0 Å². The Morgan fingerprint density at radius 2 is 2.00 bits per heavy atom. The molecule has 0 saturated heterocycles. The zero-order chi connectivity index (χ0) is 17.8. The van der Waals surface area contributed by atoms with Gasteiger partial charge in [-0.3, -0.25) is 0 Å². The summed E-state index contributed by atoms with van der Waals surface area (Å²) in [7, 11) is 0. The molecule has 0 spiro atoms. The maximum absolute atomic E-state index is 6.11. The summed E-state index contributed by atoms with van der Waals surface area (Å²) in [6.07, 6.45) is 17.2. The van der Waals surface area contributed by atoms with Crippen LogP contribution in [0, 0.1) is 12.3 Å². The number of benzene rings is 1. The van der Waals surface area contributed by atoms with Crippen molar-refractivity contribution in [3.8, 4) is 12.3 Å². The first kappa shape index (κ1) is 20.1. The van der Waals surface area contributed by atoms with Gasteiger partial charge in [0, 0.05) is 21.6 Å². The number of rotatable bonds is 7. The average molecular weight is 343 g/mol. The van der Waals surface area contributed by atoms with E-state index < -0.39 is 0 Å². The van der Waals surface area contributed by atoms with Gasteiger partial charge in [-0.05, 0) is 69.8 Å². The zero-order valence-electron chi connectivity index (χ0n) is 14.6. The smallest absolute Gasteiger partial charge is 0.0460 e. The Labute approximate surface area is 150 Å². The molecule has 2 nitrogen and oxygen atoms in total. The molecule has 0 aliphatic heterocycles. The highest BCUT2D eigenvalue weighted by Crippen LogP contribution is 2.26. The number of aryl methyl sites for hydroxylation is 1. The minimum atomic E-state index is 0.656. The summed E-state index contributed by atoms with van der Waals surface area (Å²) in [4.78, 5) is 3.52. The van der Waals surface area contributed by atoms with Crippen molar-refractivity contribution in [3.63, 3.8) is 0 Å². The molecule has 0 aliphatic rings. The van der Waals surface area contributed by atoms with Gasteiger partial charge in [0.15, 0.2) is 0 Å². The van der Waals surface area contributed by atoms with Crippen LogP contribution in [0.4, 0.5) is 0 Å². The van der Waals surface area contributed by atoms with Crippen LogP contribution >= 0.6 is 11.6 Å². The van der Waals surface area contributed by atoms with Crippen LogP contribution in [-0.2, 0) is 12.8 Å². The number of hydrogen-bond acceptors (Lipinski definition) is 1. The zero-order valence-corrected chi connectivity index (χ0v) is 15.4. The third-order valence-corrected chi connectivity index (χ3v) is 3.82. The normalized spacial score (nSPS) is 11.0. The highest BCUT2D eigenvalue weighted by molar-refractivity contribution is 6.31. The van der Waals surface area contributed by atoms with E-state index in [0.717, 1.165) is 36.2 Å². The molecule has 0 amide bonds. The van der Waals surface area contributed by atoms with E-state index >= 15 is 0 Å². The molecule has 0 unspecified atom stereocenters. The van der Waals surface area contributed by atoms with E-state index in [0.29, 0.717) is 6.54 Å². The average Bonchev–Trinajstić information content (AvgIpc) is 2.89. The van der Waals surface area contributed by atoms with E-state index in [1.54, 1.807) is 6.92 Å². The molecule has 0 fully saturated rings. The minimum Gasteiger partial charge on any atom is -0.358 e. The largest absolute Gasteiger partial charge is 0.358 e. The van der Waals surface area contributed by atoms with Gasteiger partial charge in [0.05, 0.1) is 0 Å². The quantitative estimate of drug-likeness (QED) is 0.512. The van der Waals surface area contributed by atoms with Crippen molar-refractivity contribution >= 4 is 22.5 Å². The summed E-state index contributed by atoms with van der Waals surface area (Å²) in [5, 5.41) is 1.98. The Bertz CT molecular complexity index is 717. The van der Waals surface area contributed by atoms with Gasteiger partial charge in [0.2, 0.25) is 0 Å². The number of H-pyrrole nitrogens is 1. The fraction of sp³-hybridized carbons (Fsp3) is 0.333. The molecule has 0 aliphatic carbocycles. The van der Waals surface area contributed by atoms with Gasteiger partial charge in [-0.15, -0.1) is 12.3 Å². The predicted molar refractivity (Wildman–Crippen MR) is 107 cm³/mol. The molecular formula is C21H27ClN2. The molecule has 0 atom stereocenters. The van der Waals surface area contributed by atoms with E-state index in [1.807, 2.05) is 25.1 Å².